The van der Waals surface area contributed by atoms with Crippen molar-refractivity contribution >= 4 is 17.5 Å². The molecular weight excluding hydrogens is 424 g/mol. The summed E-state index contributed by atoms with van der Waals surface area (Å²) in [4.78, 5) is 27.5. The molecule has 3 heterocycles. The Bertz CT molecular complexity index is 1350. The van der Waals surface area contributed by atoms with E-state index in [2.05, 4.69) is 5.16 Å². The number of aryl methyl sites for hydroxylation is 1. The van der Waals surface area contributed by atoms with Crippen molar-refractivity contribution < 1.29 is 28.4 Å². The van der Waals surface area contributed by atoms with Crippen molar-refractivity contribution in [3.8, 4) is 11.5 Å². The Morgan fingerprint density at radius 2 is 1.82 bits per heavy atom. The number of anilines is 1. The van der Waals surface area contributed by atoms with E-state index in [0.29, 0.717) is 22.8 Å². The summed E-state index contributed by atoms with van der Waals surface area (Å²) in [6.45, 7) is 1.68. The maximum absolute atomic E-state index is 13.2. The molecule has 0 radical (unpaired) electrons. The Morgan fingerprint density at radius 3 is 2.52 bits per heavy atom. The molecule has 2 aromatic carbocycles. The summed E-state index contributed by atoms with van der Waals surface area (Å²) >= 11 is 0. The second-order valence-corrected chi connectivity index (χ2v) is 7.43. The highest BCUT2D eigenvalue weighted by atomic mass is 16.5. The Balaban J connectivity index is 1.61. The topological polar surface area (TPSA) is 106 Å². The first-order valence-electron chi connectivity index (χ1n) is 10.1. The SMILES string of the molecule is Cc1cc(N2C(=O)C(O)=C(C(=O)c3ccco3)[C@@H]2c2cccc(Oc3ccccc3)c2)no1. The van der Waals surface area contributed by atoms with Crippen LogP contribution in [0.15, 0.2) is 99.3 Å². The lowest BCUT2D eigenvalue weighted by Gasteiger charge is -2.24. The minimum atomic E-state index is -0.973. The molecule has 1 atom stereocenters. The number of para-hydroxylation sites is 1. The van der Waals surface area contributed by atoms with Crippen molar-refractivity contribution in [2.75, 3.05) is 4.90 Å². The Labute approximate surface area is 188 Å². The lowest BCUT2D eigenvalue weighted by molar-refractivity contribution is -0.117. The summed E-state index contributed by atoms with van der Waals surface area (Å²) in [5, 5.41) is 14.7. The second-order valence-electron chi connectivity index (χ2n) is 7.43. The maximum Gasteiger partial charge on any atom is 0.295 e. The number of aromatic nitrogens is 1. The number of carbonyl (C=O) groups excluding carboxylic acids is 2. The molecule has 1 N–H and O–H groups in total. The molecule has 4 aromatic rings. The molecule has 1 aliphatic heterocycles. The molecule has 0 spiro atoms. The van der Waals surface area contributed by atoms with Crippen molar-refractivity contribution in [1.29, 1.82) is 0 Å². The van der Waals surface area contributed by atoms with Gasteiger partial charge in [-0.25, -0.2) is 0 Å². The van der Waals surface area contributed by atoms with E-state index in [-0.39, 0.29) is 17.2 Å². The van der Waals surface area contributed by atoms with Gasteiger partial charge in [0, 0.05) is 6.07 Å². The van der Waals surface area contributed by atoms with E-state index in [4.69, 9.17) is 13.7 Å². The number of ether oxygens (including phenoxy) is 1. The molecule has 1 amide bonds. The largest absolute Gasteiger partial charge is 0.503 e. The minimum Gasteiger partial charge on any atom is -0.503 e. The van der Waals surface area contributed by atoms with E-state index in [1.807, 2.05) is 30.3 Å². The van der Waals surface area contributed by atoms with Crippen molar-refractivity contribution in [3.05, 3.63) is 107 Å². The highest BCUT2D eigenvalue weighted by Gasteiger charge is 2.46. The summed E-state index contributed by atoms with van der Waals surface area (Å²) < 4.78 is 16.3. The average molecular weight is 442 g/mol. The van der Waals surface area contributed by atoms with E-state index in [9.17, 15) is 14.7 Å². The first-order chi connectivity index (χ1) is 16.0. The van der Waals surface area contributed by atoms with Crippen LogP contribution >= 0.6 is 0 Å². The van der Waals surface area contributed by atoms with E-state index >= 15 is 0 Å². The zero-order chi connectivity index (χ0) is 22.9. The van der Waals surface area contributed by atoms with Gasteiger partial charge in [0.2, 0.25) is 5.78 Å². The fourth-order valence-corrected chi connectivity index (χ4v) is 3.77. The monoisotopic (exact) mass is 442 g/mol. The van der Waals surface area contributed by atoms with E-state index < -0.39 is 23.5 Å². The van der Waals surface area contributed by atoms with Crippen LogP contribution in [-0.4, -0.2) is 22.0 Å². The van der Waals surface area contributed by atoms with Crippen LogP contribution in [0.5, 0.6) is 11.5 Å². The number of ketones is 1. The third-order valence-electron chi connectivity index (χ3n) is 5.21. The molecule has 0 bridgehead atoms. The summed E-state index contributed by atoms with van der Waals surface area (Å²) in [7, 11) is 0. The third kappa shape index (κ3) is 3.67. The Hall–Kier alpha value is -4.59. The minimum absolute atomic E-state index is 0.00391. The van der Waals surface area contributed by atoms with Crippen LogP contribution in [0.2, 0.25) is 0 Å². The number of amides is 1. The molecule has 0 fully saturated rings. The van der Waals surface area contributed by atoms with Crippen molar-refractivity contribution in [1.82, 2.24) is 5.16 Å². The van der Waals surface area contributed by atoms with Gasteiger partial charge < -0.3 is 18.8 Å². The number of rotatable bonds is 6. The molecule has 2 aromatic heterocycles. The Morgan fingerprint density at radius 1 is 1.03 bits per heavy atom. The van der Waals surface area contributed by atoms with E-state index in [0.717, 1.165) is 0 Å². The second kappa shape index (κ2) is 8.16. The van der Waals surface area contributed by atoms with Gasteiger partial charge in [0.1, 0.15) is 17.3 Å². The highest BCUT2D eigenvalue weighted by Crippen LogP contribution is 2.42. The molecule has 0 saturated carbocycles. The number of hydrogen-bond donors (Lipinski definition) is 1. The van der Waals surface area contributed by atoms with Crippen LogP contribution in [-0.2, 0) is 4.79 Å². The maximum atomic E-state index is 13.2. The molecule has 164 valence electrons. The first kappa shape index (κ1) is 20.3. The molecule has 5 rings (SSSR count). The van der Waals surface area contributed by atoms with Gasteiger partial charge in [0.05, 0.1) is 17.9 Å². The summed E-state index contributed by atoms with van der Waals surface area (Å²) in [5.74, 6) is -0.259. The van der Waals surface area contributed by atoms with Gasteiger partial charge in [-0.15, -0.1) is 0 Å². The van der Waals surface area contributed by atoms with Crippen molar-refractivity contribution in [2.45, 2.75) is 13.0 Å². The van der Waals surface area contributed by atoms with E-state index in [1.165, 1.54) is 17.2 Å². The molecule has 1 aliphatic rings. The number of Topliss-reactive ketones (excluding diaryl/α,β-unsaturated/α-hetero) is 1. The number of hydrogen-bond acceptors (Lipinski definition) is 7. The van der Waals surface area contributed by atoms with Gasteiger partial charge in [0.15, 0.2) is 17.3 Å². The van der Waals surface area contributed by atoms with Gasteiger partial charge in [-0.3, -0.25) is 14.5 Å². The third-order valence-corrected chi connectivity index (χ3v) is 5.21. The standard InChI is InChI=1S/C25H18N2O6/c1-15-13-20(26-33-15)27-22(21(24(29)25(27)30)23(28)19-11-6-12-31-19)16-7-5-10-18(14-16)32-17-8-3-2-4-9-17/h2-14,22,29H,1H3/t22-/m0/s1. The normalized spacial score (nSPS) is 15.8. The van der Waals surface area contributed by atoms with Crippen LogP contribution in [0.4, 0.5) is 5.82 Å². The highest BCUT2D eigenvalue weighted by molar-refractivity contribution is 6.19. The van der Waals surface area contributed by atoms with Gasteiger partial charge in [-0.2, -0.15) is 0 Å². The van der Waals surface area contributed by atoms with Crippen molar-refractivity contribution in [2.24, 2.45) is 0 Å². The summed E-state index contributed by atoms with van der Waals surface area (Å²) in [6, 6.07) is 19.8. The number of furan rings is 1. The molecule has 8 heteroatoms. The van der Waals surface area contributed by atoms with Crippen LogP contribution in [0, 0.1) is 6.92 Å². The predicted octanol–water partition coefficient (Wildman–Crippen LogP) is 5.15. The molecule has 8 nitrogen and oxygen atoms in total. The number of benzene rings is 2. The molecular formula is C25H18N2O6. The number of nitrogens with zero attached hydrogens (tertiary/aromatic N) is 2. The molecule has 0 unspecified atom stereocenters. The lowest BCUT2D eigenvalue weighted by atomic mass is 9.95. The van der Waals surface area contributed by atoms with Gasteiger partial charge in [-0.1, -0.05) is 35.5 Å². The smallest absolute Gasteiger partial charge is 0.295 e. The van der Waals surface area contributed by atoms with Gasteiger partial charge in [-0.05, 0) is 48.9 Å². The Kier molecular flexibility index (Phi) is 5.02. The van der Waals surface area contributed by atoms with Crippen LogP contribution < -0.4 is 9.64 Å². The summed E-state index contributed by atoms with van der Waals surface area (Å²) in [6.07, 6.45) is 1.35. The van der Waals surface area contributed by atoms with Crippen molar-refractivity contribution in [3.63, 3.8) is 0 Å². The molecule has 0 saturated heterocycles. The summed E-state index contributed by atoms with van der Waals surface area (Å²) in [5.41, 5.74) is 0.420. The fourth-order valence-electron chi connectivity index (χ4n) is 3.77. The number of aliphatic hydroxyl groups is 1. The molecule has 33 heavy (non-hydrogen) atoms. The number of aliphatic hydroxyl groups excluding tert-OH is 1. The lowest BCUT2D eigenvalue weighted by Crippen LogP contribution is -2.31. The average Bonchev–Trinajstić information content (AvgIpc) is 3.55. The fraction of sp³-hybridized carbons (Fsp3) is 0.0800. The quantitative estimate of drug-likeness (QED) is 0.412. The zero-order valence-electron chi connectivity index (χ0n) is 17.5. The van der Waals surface area contributed by atoms with Gasteiger partial charge >= 0.3 is 0 Å². The zero-order valence-corrected chi connectivity index (χ0v) is 17.5. The van der Waals surface area contributed by atoms with Crippen LogP contribution in [0.3, 0.4) is 0 Å². The molecule has 0 aliphatic carbocycles. The van der Waals surface area contributed by atoms with Crippen LogP contribution in [0.1, 0.15) is 27.9 Å². The predicted molar refractivity (Wildman–Crippen MR) is 117 cm³/mol. The number of carbonyl (C=O) groups is 2. The first-order valence-corrected chi connectivity index (χ1v) is 10.1. The van der Waals surface area contributed by atoms with Crippen LogP contribution in [0.25, 0.3) is 0 Å². The van der Waals surface area contributed by atoms with Gasteiger partial charge in [0.25, 0.3) is 5.91 Å². The van der Waals surface area contributed by atoms with E-state index in [1.54, 1.807) is 43.3 Å².